The molecule has 0 unspecified atom stereocenters. The van der Waals surface area contributed by atoms with Gasteiger partial charge in [0.25, 0.3) is 0 Å². The molecular formula is C19H13Br2N3O2. The Morgan fingerprint density at radius 1 is 1.23 bits per heavy atom. The molecule has 0 radical (unpaired) electrons. The maximum Gasteiger partial charge on any atom is 0.307 e. The summed E-state index contributed by atoms with van der Waals surface area (Å²) in [6.45, 7) is 1.97. The van der Waals surface area contributed by atoms with Gasteiger partial charge in [0.05, 0.1) is 10.7 Å². The van der Waals surface area contributed by atoms with E-state index in [9.17, 15) is 4.79 Å². The second-order valence-electron chi connectivity index (χ2n) is 5.82. The Bertz CT molecular complexity index is 1170. The van der Waals surface area contributed by atoms with Crippen LogP contribution in [0.25, 0.3) is 21.9 Å². The number of carbonyl (C=O) groups excluding carboxylic acids is 1. The first kappa shape index (κ1) is 17.1. The van der Waals surface area contributed by atoms with Gasteiger partial charge in [0, 0.05) is 32.0 Å². The van der Waals surface area contributed by atoms with Crippen LogP contribution in [0.4, 0.5) is 0 Å². The molecule has 0 aliphatic rings. The zero-order chi connectivity index (χ0) is 18.3. The largest absolute Gasteiger partial charge is 0.450 e. The fourth-order valence-electron chi connectivity index (χ4n) is 2.86. The van der Waals surface area contributed by atoms with Gasteiger partial charge in [-0.25, -0.2) is 5.43 Å². The van der Waals surface area contributed by atoms with Gasteiger partial charge in [0.15, 0.2) is 5.76 Å². The van der Waals surface area contributed by atoms with E-state index in [0.717, 1.165) is 36.5 Å². The van der Waals surface area contributed by atoms with E-state index in [2.05, 4.69) is 47.4 Å². The number of hydrogen-bond acceptors (Lipinski definition) is 3. The summed E-state index contributed by atoms with van der Waals surface area (Å²) in [5.41, 5.74) is 6.10. The average Bonchev–Trinajstić information content (AvgIpc) is 3.16. The Hall–Kier alpha value is -2.38. The standard InChI is InChI=1S/C19H13Br2N3O2/c1-10-14(13-4-2-3-5-16(13)23-10)9-22-24-19(25)17-7-11-6-12(20)8-15(21)18(11)26-17/h2-9,23H,1H3,(H,24,25)/b22-9-. The molecule has 0 saturated carbocycles. The minimum Gasteiger partial charge on any atom is -0.450 e. The quantitative estimate of drug-likeness (QED) is 0.303. The smallest absolute Gasteiger partial charge is 0.307 e. The molecular weight excluding hydrogens is 462 g/mol. The van der Waals surface area contributed by atoms with Crippen molar-refractivity contribution in [3.63, 3.8) is 0 Å². The van der Waals surface area contributed by atoms with Crippen molar-refractivity contribution in [2.24, 2.45) is 5.10 Å². The zero-order valence-corrected chi connectivity index (χ0v) is 16.8. The van der Waals surface area contributed by atoms with Crippen molar-refractivity contribution in [3.05, 3.63) is 68.4 Å². The van der Waals surface area contributed by atoms with Crippen molar-refractivity contribution in [1.82, 2.24) is 10.4 Å². The number of aryl methyl sites for hydroxylation is 1. The highest BCUT2D eigenvalue weighted by atomic mass is 79.9. The third-order valence-corrected chi connectivity index (χ3v) is 5.11. The number of hydrazone groups is 1. The van der Waals surface area contributed by atoms with Crippen molar-refractivity contribution in [2.45, 2.75) is 6.92 Å². The van der Waals surface area contributed by atoms with Gasteiger partial charge in [0.2, 0.25) is 0 Å². The highest BCUT2D eigenvalue weighted by Crippen LogP contribution is 2.31. The fourth-order valence-corrected chi connectivity index (χ4v) is 4.20. The zero-order valence-electron chi connectivity index (χ0n) is 13.6. The molecule has 0 aliphatic heterocycles. The minimum atomic E-state index is -0.405. The molecule has 2 aromatic heterocycles. The van der Waals surface area contributed by atoms with Crippen molar-refractivity contribution >= 4 is 65.9 Å². The molecule has 0 bridgehead atoms. The number of H-pyrrole nitrogens is 1. The third-order valence-electron chi connectivity index (χ3n) is 4.06. The SMILES string of the molecule is Cc1[nH]c2ccccc2c1/C=N\NC(=O)c1cc2cc(Br)cc(Br)c2o1. The number of benzene rings is 2. The Labute approximate surface area is 165 Å². The summed E-state index contributed by atoms with van der Waals surface area (Å²) in [7, 11) is 0. The number of aromatic nitrogens is 1. The molecule has 2 heterocycles. The van der Waals surface area contributed by atoms with Gasteiger partial charge in [-0.2, -0.15) is 5.10 Å². The predicted octanol–water partition coefficient (Wildman–Crippen LogP) is 5.51. The van der Waals surface area contributed by atoms with E-state index in [1.165, 1.54) is 0 Å². The molecule has 4 aromatic rings. The molecule has 4 rings (SSSR count). The van der Waals surface area contributed by atoms with Crippen LogP contribution in [-0.4, -0.2) is 17.1 Å². The first-order valence-corrected chi connectivity index (χ1v) is 9.41. The lowest BCUT2D eigenvalue weighted by Crippen LogP contribution is -2.16. The summed E-state index contributed by atoms with van der Waals surface area (Å²) in [6.07, 6.45) is 1.64. The van der Waals surface area contributed by atoms with Crippen molar-refractivity contribution in [1.29, 1.82) is 0 Å². The predicted molar refractivity (Wildman–Crippen MR) is 110 cm³/mol. The number of aromatic amines is 1. The Kier molecular flexibility index (Phi) is 4.42. The van der Waals surface area contributed by atoms with E-state index in [1.807, 2.05) is 43.3 Å². The molecule has 0 saturated heterocycles. The maximum atomic E-state index is 12.3. The summed E-state index contributed by atoms with van der Waals surface area (Å²) in [5, 5.41) is 5.97. The Morgan fingerprint density at radius 2 is 2.04 bits per heavy atom. The number of hydrogen-bond donors (Lipinski definition) is 2. The number of nitrogens with one attached hydrogen (secondary N) is 2. The molecule has 0 atom stereocenters. The molecule has 5 nitrogen and oxygen atoms in total. The summed E-state index contributed by atoms with van der Waals surface area (Å²) < 4.78 is 7.31. The molecule has 7 heteroatoms. The molecule has 0 spiro atoms. The van der Waals surface area contributed by atoms with Gasteiger partial charge in [-0.05, 0) is 47.1 Å². The van der Waals surface area contributed by atoms with Gasteiger partial charge in [-0.3, -0.25) is 4.79 Å². The van der Waals surface area contributed by atoms with Crippen molar-refractivity contribution in [2.75, 3.05) is 0 Å². The highest BCUT2D eigenvalue weighted by Gasteiger charge is 2.14. The molecule has 0 fully saturated rings. The van der Waals surface area contributed by atoms with Crippen LogP contribution in [0, 0.1) is 6.92 Å². The maximum absolute atomic E-state index is 12.3. The summed E-state index contributed by atoms with van der Waals surface area (Å²) in [6, 6.07) is 13.4. The van der Waals surface area contributed by atoms with E-state index in [4.69, 9.17) is 4.42 Å². The molecule has 26 heavy (non-hydrogen) atoms. The average molecular weight is 475 g/mol. The monoisotopic (exact) mass is 473 g/mol. The van der Waals surface area contributed by atoms with E-state index >= 15 is 0 Å². The lowest BCUT2D eigenvalue weighted by Gasteiger charge is -1.96. The van der Waals surface area contributed by atoms with Crippen LogP contribution >= 0.6 is 31.9 Å². The Balaban J connectivity index is 1.58. The van der Waals surface area contributed by atoms with Crippen LogP contribution in [0.5, 0.6) is 0 Å². The number of nitrogens with zero attached hydrogens (tertiary/aromatic N) is 1. The van der Waals surface area contributed by atoms with Gasteiger partial charge in [-0.1, -0.05) is 34.1 Å². The lowest BCUT2D eigenvalue weighted by atomic mass is 10.1. The number of carbonyl (C=O) groups is 1. The number of furan rings is 1. The van der Waals surface area contributed by atoms with E-state index in [0.29, 0.717) is 5.58 Å². The third kappa shape index (κ3) is 3.08. The number of amides is 1. The van der Waals surface area contributed by atoms with E-state index in [1.54, 1.807) is 12.3 Å². The second-order valence-corrected chi connectivity index (χ2v) is 7.60. The normalized spacial score (nSPS) is 11.7. The van der Waals surface area contributed by atoms with Gasteiger partial charge in [-0.15, -0.1) is 0 Å². The lowest BCUT2D eigenvalue weighted by molar-refractivity contribution is 0.0929. The van der Waals surface area contributed by atoms with Gasteiger partial charge in [0.1, 0.15) is 5.58 Å². The van der Waals surface area contributed by atoms with Crippen LogP contribution in [0.3, 0.4) is 0 Å². The fraction of sp³-hybridized carbons (Fsp3) is 0.0526. The number of halogens is 2. The molecule has 1 amide bonds. The summed E-state index contributed by atoms with van der Waals surface area (Å²) in [4.78, 5) is 15.6. The highest BCUT2D eigenvalue weighted by molar-refractivity contribution is 9.11. The van der Waals surface area contributed by atoms with Gasteiger partial charge >= 0.3 is 5.91 Å². The van der Waals surface area contributed by atoms with E-state index < -0.39 is 5.91 Å². The van der Waals surface area contributed by atoms with Crippen LogP contribution < -0.4 is 5.43 Å². The van der Waals surface area contributed by atoms with Crippen LogP contribution in [-0.2, 0) is 0 Å². The van der Waals surface area contributed by atoms with Crippen molar-refractivity contribution in [3.8, 4) is 0 Å². The van der Waals surface area contributed by atoms with Gasteiger partial charge < -0.3 is 9.40 Å². The van der Waals surface area contributed by atoms with Crippen LogP contribution in [0.15, 0.2) is 60.9 Å². The number of fused-ring (bicyclic) bond motifs is 2. The van der Waals surface area contributed by atoms with Crippen LogP contribution in [0.1, 0.15) is 21.8 Å². The molecule has 0 aliphatic carbocycles. The molecule has 2 N–H and O–H groups in total. The number of rotatable bonds is 3. The van der Waals surface area contributed by atoms with E-state index in [-0.39, 0.29) is 5.76 Å². The van der Waals surface area contributed by atoms with Crippen LogP contribution in [0.2, 0.25) is 0 Å². The summed E-state index contributed by atoms with van der Waals surface area (Å²) in [5.74, 6) is -0.204. The second kappa shape index (κ2) is 6.74. The minimum absolute atomic E-state index is 0.201. The summed E-state index contributed by atoms with van der Waals surface area (Å²) >= 11 is 6.85. The number of para-hydroxylation sites is 1. The Morgan fingerprint density at radius 3 is 2.88 bits per heavy atom. The van der Waals surface area contributed by atoms with Crippen molar-refractivity contribution < 1.29 is 9.21 Å². The first-order valence-electron chi connectivity index (χ1n) is 7.82. The first-order chi connectivity index (χ1) is 12.5. The molecule has 2 aromatic carbocycles. The topological polar surface area (TPSA) is 70.4 Å². The molecule has 130 valence electrons.